The Morgan fingerprint density at radius 3 is 2.92 bits per heavy atom. The Kier molecular flexibility index (Phi) is 6.32. The lowest BCUT2D eigenvalue weighted by atomic mass is 9.85. The van der Waals surface area contributed by atoms with Gasteiger partial charge in [-0.15, -0.1) is 0 Å². The van der Waals surface area contributed by atoms with E-state index in [1.807, 2.05) is 0 Å². The van der Waals surface area contributed by atoms with Crippen molar-refractivity contribution >= 4 is 0 Å². The number of allylic oxidation sites excluding steroid dienone is 1. The molecular formula is C22H33NO2. The van der Waals surface area contributed by atoms with Crippen molar-refractivity contribution in [2.45, 2.75) is 75.9 Å². The van der Waals surface area contributed by atoms with Crippen LogP contribution in [0.4, 0.5) is 0 Å². The molecule has 138 valence electrons. The lowest BCUT2D eigenvalue weighted by molar-refractivity contribution is 0.0641. The van der Waals surface area contributed by atoms with E-state index in [2.05, 4.69) is 37.3 Å². The van der Waals surface area contributed by atoms with Crippen molar-refractivity contribution in [1.82, 2.24) is 0 Å². The van der Waals surface area contributed by atoms with E-state index >= 15 is 0 Å². The molecule has 1 aromatic carbocycles. The summed E-state index contributed by atoms with van der Waals surface area (Å²) in [6.45, 7) is 3.03. The van der Waals surface area contributed by atoms with Crippen molar-refractivity contribution in [3.8, 4) is 0 Å². The molecule has 0 spiro atoms. The monoisotopic (exact) mass is 343 g/mol. The molecule has 3 atom stereocenters. The summed E-state index contributed by atoms with van der Waals surface area (Å²) in [6.07, 6.45) is 13.2. The van der Waals surface area contributed by atoms with Gasteiger partial charge in [-0.3, -0.25) is 0 Å². The van der Waals surface area contributed by atoms with Crippen LogP contribution in [0.3, 0.4) is 0 Å². The molecule has 1 fully saturated rings. The highest BCUT2D eigenvalue weighted by molar-refractivity contribution is 5.36. The zero-order valence-corrected chi connectivity index (χ0v) is 15.5. The van der Waals surface area contributed by atoms with E-state index in [4.69, 9.17) is 10.5 Å². The maximum Gasteiger partial charge on any atom is 0.0651 e. The summed E-state index contributed by atoms with van der Waals surface area (Å²) in [4.78, 5) is 0. The quantitative estimate of drug-likeness (QED) is 0.739. The number of ether oxygens (including phenoxy) is 1. The fraction of sp³-hybridized carbons (Fsp3) is 0.636. The first-order valence-electron chi connectivity index (χ1n) is 9.91. The smallest absolute Gasteiger partial charge is 0.0651 e. The van der Waals surface area contributed by atoms with E-state index in [1.54, 1.807) is 0 Å². The van der Waals surface area contributed by atoms with Crippen molar-refractivity contribution < 1.29 is 9.84 Å². The van der Waals surface area contributed by atoms with Crippen LogP contribution in [0.2, 0.25) is 0 Å². The third kappa shape index (κ3) is 4.72. The van der Waals surface area contributed by atoms with Crippen LogP contribution in [0.5, 0.6) is 0 Å². The van der Waals surface area contributed by atoms with Crippen molar-refractivity contribution in [2.75, 3.05) is 13.2 Å². The first-order valence-corrected chi connectivity index (χ1v) is 9.91. The minimum Gasteiger partial charge on any atom is -0.394 e. The van der Waals surface area contributed by atoms with Crippen LogP contribution < -0.4 is 5.73 Å². The number of hydrogen-bond donors (Lipinski definition) is 2. The Balaban J connectivity index is 1.56. The van der Waals surface area contributed by atoms with Crippen molar-refractivity contribution in [2.24, 2.45) is 5.73 Å². The first kappa shape index (κ1) is 18.6. The van der Waals surface area contributed by atoms with Crippen LogP contribution in [0.15, 0.2) is 30.4 Å². The predicted octanol–water partition coefficient (Wildman–Crippen LogP) is 3.87. The minimum atomic E-state index is -0.370. The molecule has 2 aliphatic rings. The lowest BCUT2D eigenvalue weighted by Gasteiger charge is -2.26. The van der Waals surface area contributed by atoms with Gasteiger partial charge in [0, 0.05) is 5.54 Å². The Morgan fingerprint density at radius 1 is 1.28 bits per heavy atom. The summed E-state index contributed by atoms with van der Waals surface area (Å²) < 4.78 is 6.03. The second-order valence-electron chi connectivity index (χ2n) is 7.95. The zero-order valence-electron chi connectivity index (χ0n) is 15.5. The molecule has 0 radical (unpaired) electrons. The number of nitrogens with two attached hydrogens (primary N) is 1. The van der Waals surface area contributed by atoms with Crippen LogP contribution in [0.1, 0.15) is 68.1 Å². The van der Waals surface area contributed by atoms with Gasteiger partial charge in [-0.1, -0.05) is 43.7 Å². The van der Waals surface area contributed by atoms with E-state index < -0.39 is 0 Å². The molecule has 1 aromatic rings. The number of benzene rings is 1. The molecule has 2 aliphatic carbocycles. The fourth-order valence-electron chi connectivity index (χ4n) is 4.27. The van der Waals surface area contributed by atoms with E-state index in [0.717, 1.165) is 51.6 Å². The van der Waals surface area contributed by atoms with Gasteiger partial charge in [-0.25, -0.2) is 0 Å². The van der Waals surface area contributed by atoms with Crippen LogP contribution in [0.25, 0.3) is 0 Å². The molecule has 0 unspecified atom stereocenters. The normalized spacial score (nSPS) is 29.2. The van der Waals surface area contributed by atoms with E-state index in [0.29, 0.717) is 12.0 Å². The molecule has 0 saturated heterocycles. The highest BCUT2D eigenvalue weighted by Gasteiger charge is 2.36. The second kappa shape index (κ2) is 8.48. The van der Waals surface area contributed by atoms with Gasteiger partial charge in [-0.2, -0.15) is 0 Å². The van der Waals surface area contributed by atoms with Gasteiger partial charge in [0.15, 0.2) is 0 Å². The highest BCUT2D eigenvalue weighted by Crippen LogP contribution is 2.40. The highest BCUT2D eigenvalue weighted by atomic mass is 16.5. The Labute approximate surface area is 152 Å². The van der Waals surface area contributed by atoms with Gasteiger partial charge in [0.05, 0.1) is 19.3 Å². The molecule has 0 heterocycles. The predicted molar refractivity (Wildman–Crippen MR) is 103 cm³/mol. The van der Waals surface area contributed by atoms with Gasteiger partial charge in [0.2, 0.25) is 0 Å². The summed E-state index contributed by atoms with van der Waals surface area (Å²) in [5, 5.41) is 9.49. The Morgan fingerprint density at radius 2 is 2.16 bits per heavy atom. The van der Waals surface area contributed by atoms with Gasteiger partial charge in [0.25, 0.3) is 0 Å². The molecule has 0 amide bonds. The number of fused-ring (bicyclic) bond motifs is 1. The van der Waals surface area contributed by atoms with Crippen molar-refractivity contribution in [3.05, 3.63) is 47.0 Å². The molecule has 0 bridgehead atoms. The van der Waals surface area contributed by atoms with Crippen molar-refractivity contribution in [1.29, 1.82) is 0 Å². The molecule has 0 aromatic heterocycles. The van der Waals surface area contributed by atoms with Gasteiger partial charge in [-0.05, 0) is 67.6 Å². The number of aliphatic hydroxyl groups is 1. The van der Waals surface area contributed by atoms with Crippen LogP contribution in [0, 0.1) is 0 Å². The summed E-state index contributed by atoms with van der Waals surface area (Å²) >= 11 is 0. The Bertz CT molecular complexity index is 598. The van der Waals surface area contributed by atoms with Crippen LogP contribution in [-0.2, 0) is 17.6 Å². The largest absolute Gasteiger partial charge is 0.394 e. The SMILES string of the molecule is CCCC=CCO[C@H]1CCc2cc([C@H]3CC[C@](N)(CO)C3)ccc2C1. The first-order chi connectivity index (χ1) is 12.1. The molecule has 1 saturated carbocycles. The lowest BCUT2D eigenvalue weighted by Crippen LogP contribution is -2.40. The molecule has 0 aliphatic heterocycles. The summed E-state index contributed by atoms with van der Waals surface area (Å²) in [7, 11) is 0. The summed E-state index contributed by atoms with van der Waals surface area (Å²) in [5.74, 6) is 0.500. The third-order valence-corrected chi connectivity index (χ3v) is 5.89. The summed E-state index contributed by atoms with van der Waals surface area (Å²) in [6, 6.07) is 6.96. The Hall–Kier alpha value is -1.16. The van der Waals surface area contributed by atoms with Crippen molar-refractivity contribution in [3.63, 3.8) is 0 Å². The van der Waals surface area contributed by atoms with Crippen LogP contribution >= 0.6 is 0 Å². The van der Waals surface area contributed by atoms with E-state index in [-0.39, 0.29) is 12.1 Å². The number of aryl methyl sites for hydroxylation is 1. The van der Waals surface area contributed by atoms with E-state index in [9.17, 15) is 5.11 Å². The number of aliphatic hydroxyl groups excluding tert-OH is 1. The maximum absolute atomic E-state index is 9.49. The van der Waals surface area contributed by atoms with Crippen LogP contribution in [-0.4, -0.2) is 30.0 Å². The van der Waals surface area contributed by atoms with Gasteiger partial charge < -0.3 is 15.6 Å². The second-order valence-corrected chi connectivity index (χ2v) is 7.95. The number of unbranched alkanes of at least 4 members (excludes halogenated alkanes) is 1. The molecular weight excluding hydrogens is 310 g/mol. The maximum atomic E-state index is 9.49. The number of hydrogen-bond acceptors (Lipinski definition) is 3. The third-order valence-electron chi connectivity index (χ3n) is 5.89. The fourth-order valence-corrected chi connectivity index (χ4v) is 4.27. The molecule has 3 nitrogen and oxygen atoms in total. The van der Waals surface area contributed by atoms with E-state index in [1.165, 1.54) is 23.1 Å². The minimum absolute atomic E-state index is 0.0974. The molecule has 3 heteroatoms. The average molecular weight is 344 g/mol. The standard InChI is InChI=1S/C22H33NO2/c1-2-3-4-5-12-25-21-9-8-17-13-18(6-7-19(17)14-21)20-10-11-22(23,15-20)16-24/h4-7,13,20-21,24H,2-3,8-12,14-16,23H2,1H3/t20-,21-,22+/m0/s1. The van der Waals surface area contributed by atoms with Gasteiger partial charge >= 0.3 is 0 Å². The molecule has 3 rings (SSSR count). The molecule has 3 N–H and O–H groups in total. The number of rotatable bonds is 7. The average Bonchev–Trinajstić information content (AvgIpc) is 3.04. The van der Waals surface area contributed by atoms with Gasteiger partial charge in [0.1, 0.15) is 0 Å². The topological polar surface area (TPSA) is 55.5 Å². The molecule has 25 heavy (non-hydrogen) atoms. The zero-order chi connectivity index (χ0) is 17.7. The summed E-state index contributed by atoms with van der Waals surface area (Å²) in [5.41, 5.74) is 10.2.